The van der Waals surface area contributed by atoms with Crippen molar-refractivity contribution in [2.75, 3.05) is 0 Å². The van der Waals surface area contributed by atoms with Crippen LogP contribution < -0.4 is 10.6 Å². The van der Waals surface area contributed by atoms with Crippen molar-refractivity contribution in [3.05, 3.63) is 0 Å². The molecule has 0 aromatic carbocycles. The highest BCUT2D eigenvalue weighted by molar-refractivity contribution is 5.73. The van der Waals surface area contributed by atoms with Gasteiger partial charge in [-0.3, -0.25) is 9.59 Å². The molecule has 0 aromatic rings. The van der Waals surface area contributed by atoms with Gasteiger partial charge in [0.25, 0.3) is 0 Å². The number of rotatable bonds is 12. The van der Waals surface area contributed by atoms with Gasteiger partial charge in [0.05, 0.1) is 6.42 Å². The topological polar surface area (TPSA) is 98.7 Å². The predicted molar refractivity (Wildman–Crippen MR) is 108 cm³/mol. The van der Waals surface area contributed by atoms with E-state index >= 15 is 0 Å². The van der Waals surface area contributed by atoms with Gasteiger partial charge in [-0.05, 0) is 31.1 Å². The van der Waals surface area contributed by atoms with Gasteiger partial charge in [0.15, 0.2) is 0 Å². The molecule has 156 valence electrons. The van der Waals surface area contributed by atoms with Crippen LogP contribution in [0.4, 0.5) is 0 Å². The highest BCUT2D eigenvalue weighted by Gasteiger charge is 2.17. The highest BCUT2D eigenvalue weighted by atomic mass is 16.4. The summed E-state index contributed by atoms with van der Waals surface area (Å²) in [5, 5.41) is 23.8. The SMILES string of the molecule is CC(C)CC(CC(=O)O)NC(C)C.CC(C)CCC(NC(C)C)C(=O)O. The second-order valence-electron chi connectivity index (χ2n) is 8.43. The van der Waals surface area contributed by atoms with Crippen LogP contribution >= 0.6 is 0 Å². The third kappa shape index (κ3) is 19.2. The van der Waals surface area contributed by atoms with Crippen LogP contribution in [-0.2, 0) is 9.59 Å². The zero-order valence-electron chi connectivity index (χ0n) is 18.0. The van der Waals surface area contributed by atoms with E-state index in [1.807, 2.05) is 27.7 Å². The van der Waals surface area contributed by atoms with Crippen molar-refractivity contribution >= 4 is 11.9 Å². The van der Waals surface area contributed by atoms with Gasteiger partial charge in [-0.2, -0.15) is 0 Å². The number of aliphatic carboxylic acids is 2. The third-order valence-corrected chi connectivity index (χ3v) is 3.61. The lowest BCUT2D eigenvalue weighted by molar-refractivity contribution is -0.140. The molecule has 0 aliphatic carbocycles. The first-order valence-electron chi connectivity index (χ1n) is 9.81. The minimum absolute atomic E-state index is 0.109. The molecule has 6 heteroatoms. The number of carboxylic acid groups (broad SMARTS) is 2. The molecular formula is C20H42N2O4. The fourth-order valence-electron chi connectivity index (χ4n) is 2.64. The van der Waals surface area contributed by atoms with Crippen LogP contribution in [0, 0.1) is 11.8 Å². The molecule has 4 N–H and O–H groups in total. The number of carbonyl (C=O) groups is 2. The molecule has 6 nitrogen and oxygen atoms in total. The minimum atomic E-state index is -0.741. The van der Waals surface area contributed by atoms with Crippen LogP contribution in [0.3, 0.4) is 0 Å². The maximum absolute atomic E-state index is 10.8. The molecule has 0 rings (SSSR count). The molecule has 0 amide bonds. The van der Waals surface area contributed by atoms with Gasteiger partial charge >= 0.3 is 11.9 Å². The molecule has 0 aliphatic heterocycles. The lowest BCUT2D eigenvalue weighted by Crippen LogP contribution is -2.40. The van der Waals surface area contributed by atoms with E-state index in [1.54, 1.807) is 0 Å². The summed E-state index contributed by atoms with van der Waals surface area (Å²) in [5.41, 5.74) is 0. The molecular weight excluding hydrogens is 332 g/mol. The van der Waals surface area contributed by atoms with Gasteiger partial charge in [0.1, 0.15) is 6.04 Å². The Bertz CT molecular complexity index is 372. The van der Waals surface area contributed by atoms with Crippen LogP contribution in [0.1, 0.15) is 81.1 Å². The van der Waals surface area contributed by atoms with Crippen LogP contribution in [0.2, 0.25) is 0 Å². The van der Waals surface area contributed by atoms with E-state index in [9.17, 15) is 9.59 Å². The van der Waals surface area contributed by atoms with Crippen molar-refractivity contribution < 1.29 is 19.8 Å². The van der Waals surface area contributed by atoms with Crippen molar-refractivity contribution in [2.24, 2.45) is 11.8 Å². The van der Waals surface area contributed by atoms with Crippen molar-refractivity contribution in [1.29, 1.82) is 0 Å². The van der Waals surface area contributed by atoms with Crippen molar-refractivity contribution in [1.82, 2.24) is 10.6 Å². The van der Waals surface area contributed by atoms with Gasteiger partial charge in [0.2, 0.25) is 0 Å². The Labute approximate surface area is 160 Å². The Morgan fingerprint density at radius 3 is 1.58 bits per heavy atom. The average molecular weight is 375 g/mol. The maximum atomic E-state index is 10.8. The molecule has 0 radical (unpaired) electrons. The lowest BCUT2D eigenvalue weighted by Gasteiger charge is -2.21. The molecule has 0 bridgehead atoms. The molecule has 0 heterocycles. The summed E-state index contributed by atoms with van der Waals surface area (Å²) in [6.07, 6.45) is 2.81. The van der Waals surface area contributed by atoms with Crippen LogP contribution in [0.25, 0.3) is 0 Å². The monoisotopic (exact) mass is 374 g/mol. The van der Waals surface area contributed by atoms with Crippen LogP contribution in [0.15, 0.2) is 0 Å². The van der Waals surface area contributed by atoms with E-state index in [2.05, 4.69) is 38.3 Å². The Kier molecular flexibility index (Phi) is 15.6. The normalized spacial score (nSPS) is 13.7. The first-order valence-corrected chi connectivity index (χ1v) is 9.81. The van der Waals surface area contributed by atoms with E-state index in [0.717, 1.165) is 12.8 Å². The number of carboxylic acids is 2. The van der Waals surface area contributed by atoms with Crippen LogP contribution in [-0.4, -0.2) is 46.3 Å². The molecule has 0 aliphatic rings. The van der Waals surface area contributed by atoms with Gasteiger partial charge in [0, 0.05) is 18.1 Å². The standard InChI is InChI=1S/2C10H21NO2/c1-7(2)5-9(6-10(12)13)11-8(3)4;1-7(2)5-6-9(10(12)13)11-8(3)4/h2*7-9,11H,5-6H2,1-4H3,(H,12,13). The molecule has 0 aromatic heterocycles. The highest BCUT2D eigenvalue weighted by Crippen LogP contribution is 2.09. The smallest absolute Gasteiger partial charge is 0.320 e. The average Bonchev–Trinajstić information content (AvgIpc) is 2.40. The summed E-state index contributed by atoms with van der Waals surface area (Å²) in [6, 6.07) is 0.302. The summed E-state index contributed by atoms with van der Waals surface area (Å²) in [4.78, 5) is 21.3. The van der Waals surface area contributed by atoms with Crippen molar-refractivity contribution in [2.45, 2.75) is 105 Å². The summed E-state index contributed by atoms with van der Waals surface area (Å²) in [7, 11) is 0. The third-order valence-electron chi connectivity index (χ3n) is 3.61. The molecule has 0 saturated carbocycles. The largest absolute Gasteiger partial charge is 0.481 e. The number of hydrogen-bond donors (Lipinski definition) is 4. The molecule has 0 spiro atoms. The Hall–Kier alpha value is -1.14. The van der Waals surface area contributed by atoms with E-state index in [1.165, 1.54) is 0 Å². The fraction of sp³-hybridized carbons (Fsp3) is 0.900. The Balaban J connectivity index is 0. The molecule has 0 saturated heterocycles. The van der Waals surface area contributed by atoms with Crippen molar-refractivity contribution in [3.8, 4) is 0 Å². The molecule has 26 heavy (non-hydrogen) atoms. The van der Waals surface area contributed by atoms with E-state index in [4.69, 9.17) is 10.2 Å². The van der Waals surface area contributed by atoms with E-state index in [-0.39, 0.29) is 24.5 Å². The van der Waals surface area contributed by atoms with Gasteiger partial charge < -0.3 is 20.8 Å². The van der Waals surface area contributed by atoms with Gasteiger partial charge in [-0.1, -0.05) is 55.4 Å². The summed E-state index contributed by atoms with van der Waals surface area (Å²) >= 11 is 0. The fourth-order valence-corrected chi connectivity index (χ4v) is 2.64. The second kappa shape index (κ2) is 15.0. The van der Waals surface area contributed by atoms with Gasteiger partial charge in [-0.25, -0.2) is 0 Å². The van der Waals surface area contributed by atoms with Crippen LogP contribution in [0.5, 0.6) is 0 Å². The first kappa shape index (κ1) is 27.1. The summed E-state index contributed by atoms with van der Waals surface area (Å²) in [5.74, 6) is -0.362. The van der Waals surface area contributed by atoms with Crippen molar-refractivity contribution in [3.63, 3.8) is 0 Å². The Morgan fingerprint density at radius 2 is 1.27 bits per heavy atom. The lowest BCUT2D eigenvalue weighted by atomic mass is 10.0. The maximum Gasteiger partial charge on any atom is 0.320 e. The molecule has 0 fully saturated rings. The molecule has 2 atom stereocenters. The summed E-state index contributed by atoms with van der Waals surface area (Å²) in [6.45, 7) is 16.4. The number of hydrogen-bond acceptors (Lipinski definition) is 4. The summed E-state index contributed by atoms with van der Waals surface area (Å²) < 4.78 is 0. The van der Waals surface area contributed by atoms with E-state index < -0.39 is 11.9 Å². The predicted octanol–water partition coefficient (Wildman–Crippen LogP) is 3.75. The van der Waals surface area contributed by atoms with Gasteiger partial charge in [-0.15, -0.1) is 0 Å². The Morgan fingerprint density at radius 1 is 0.769 bits per heavy atom. The van der Waals surface area contributed by atoms with E-state index in [0.29, 0.717) is 24.3 Å². The number of nitrogens with one attached hydrogen (secondary N) is 2. The zero-order valence-corrected chi connectivity index (χ0v) is 18.0. The second-order valence-corrected chi connectivity index (χ2v) is 8.43. The first-order chi connectivity index (χ1) is 11.8. The quantitative estimate of drug-likeness (QED) is 0.415. The molecule has 2 unspecified atom stereocenters. The minimum Gasteiger partial charge on any atom is -0.481 e. The zero-order chi connectivity index (χ0) is 20.9.